The summed E-state index contributed by atoms with van der Waals surface area (Å²) in [6, 6.07) is 26.0. The Morgan fingerprint density at radius 1 is 0.878 bits per heavy atom. The highest BCUT2D eigenvalue weighted by atomic mass is 32.2. The Labute approximate surface area is 244 Å². The molecule has 1 amide bonds. The lowest BCUT2D eigenvalue weighted by molar-refractivity contribution is -0.133. The Balaban J connectivity index is 1.34. The molecule has 0 atom stereocenters. The Morgan fingerprint density at radius 2 is 1.46 bits per heavy atom. The SMILES string of the molecule is COc1ccc(C)cc1S(=O)(=O)N(CC(=O)N1CCN(C(c2ccccc2)c2ccccc2)CC1)C1CCCCC1. The molecule has 218 valence electrons. The number of amides is 1. The van der Waals surface area contributed by atoms with Crippen LogP contribution < -0.4 is 4.74 Å². The van der Waals surface area contributed by atoms with E-state index >= 15 is 0 Å². The smallest absolute Gasteiger partial charge is 0.247 e. The van der Waals surface area contributed by atoms with Crippen molar-refractivity contribution in [2.45, 2.75) is 56.0 Å². The van der Waals surface area contributed by atoms with E-state index < -0.39 is 10.0 Å². The average molecular weight is 576 g/mol. The molecule has 1 heterocycles. The molecule has 3 aromatic rings. The van der Waals surface area contributed by atoms with E-state index in [1.807, 2.05) is 30.0 Å². The monoisotopic (exact) mass is 575 g/mol. The Kier molecular flexibility index (Phi) is 9.42. The number of sulfonamides is 1. The third-order valence-electron chi connectivity index (χ3n) is 8.44. The summed E-state index contributed by atoms with van der Waals surface area (Å²) in [6.07, 6.45) is 4.57. The fourth-order valence-electron chi connectivity index (χ4n) is 6.24. The van der Waals surface area contributed by atoms with Gasteiger partial charge in [0.2, 0.25) is 15.9 Å². The highest BCUT2D eigenvalue weighted by Gasteiger charge is 2.37. The molecule has 0 bridgehead atoms. The van der Waals surface area contributed by atoms with E-state index in [-0.39, 0.29) is 29.4 Å². The zero-order valence-electron chi connectivity index (χ0n) is 24.1. The van der Waals surface area contributed by atoms with Crippen molar-refractivity contribution in [3.05, 3.63) is 95.6 Å². The number of aryl methyl sites for hydroxylation is 1. The molecule has 2 aliphatic rings. The number of piperazine rings is 1. The maximum Gasteiger partial charge on any atom is 0.247 e. The molecule has 2 fully saturated rings. The maximum atomic E-state index is 14.1. The van der Waals surface area contributed by atoms with Crippen molar-refractivity contribution in [3.63, 3.8) is 0 Å². The minimum absolute atomic E-state index is 0.0996. The first-order chi connectivity index (χ1) is 19.9. The Hall–Kier alpha value is -3.20. The Bertz CT molecular complexity index is 1360. The second-order valence-electron chi connectivity index (χ2n) is 11.1. The van der Waals surface area contributed by atoms with E-state index in [9.17, 15) is 13.2 Å². The summed E-state index contributed by atoms with van der Waals surface area (Å²) >= 11 is 0. The fourth-order valence-corrected chi connectivity index (χ4v) is 8.12. The van der Waals surface area contributed by atoms with Crippen LogP contribution >= 0.6 is 0 Å². The molecule has 1 saturated carbocycles. The van der Waals surface area contributed by atoms with E-state index in [0.29, 0.717) is 31.9 Å². The van der Waals surface area contributed by atoms with Crippen LogP contribution in [0.4, 0.5) is 0 Å². The zero-order chi connectivity index (χ0) is 28.8. The van der Waals surface area contributed by atoms with Crippen LogP contribution in [-0.2, 0) is 14.8 Å². The molecule has 1 aliphatic heterocycles. The molecule has 1 aliphatic carbocycles. The number of hydrogen-bond donors (Lipinski definition) is 0. The van der Waals surface area contributed by atoms with Crippen molar-refractivity contribution < 1.29 is 17.9 Å². The van der Waals surface area contributed by atoms with Crippen LogP contribution in [0.3, 0.4) is 0 Å². The molecule has 0 aromatic heterocycles. The molecule has 0 unspecified atom stereocenters. The van der Waals surface area contributed by atoms with Gasteiger partial charge in [0.15, 0.2) is 0 Å². The standard InChI is InChI=1S/C33H41N3O4S/c1-26-18-19-30(40-2)31(24-26)41(38,39)36(29-16-10-5-11-17-29)25-32(37)34-20-22-35(23-21-34)33(27-12-6-3-7-13-27)28-14-8-4-9-15-28/h3-4,6-9,12-15,18-19,24,29,33H,5,10-11,16-17,20-23,25H2,1-2H3. The van der Waals surface area contributed by atoms with Gasteiger partial charge in [-0.2, -0.15) is 4.31 Å². The molecule has 7 nitrogen and oxygen atoms in total. The van der Waals surface area contributed by atoms with Crippen LogP contribution in [0.5, 0.6) is 5.75 Å². The molecule has 0 spiro atoms. The number of nitrogens with zero attached hydrogens (tertiary/aromatic N) is 3. The van der Waals surface area contributed by atoms with E-state index in [2.05, 4.69) is 53.4 Å². The van der Waals surface area contributed by atoms with Crippen molar-refractivity contribution in [1.82, 2.24) is 14.1 Å². The fraction of sp³-hybridized carbons (Fsp3) is 0.424. The van der Waals surface area contributed by atoms with Crippen LogP contribution in [0.2, 0.25) is 0 Å². The molecule has 41 heavy (non-hydrogen) atoms. The lowest BCUT2D eigenvalue weighted by Gasteiger charge is -2.41. The molecule has 3 aromatic carbocycles. The van der Waals surface area contributed by atoms with Crippen LogP contribution in [0.15, 0.2) is 83.8 Å². The summed E-state index contributed by atoms with van der Waals surface area (Å²) in [6.45, 7) is 4.25. The van der Waals surface area contributed by atoms with Gasteiger partial charge in [0.05, 0.1) is 19.7 Å². The predicted octanol–water partition coefficient (Wildman–Crippen LogP) is 5.26. The van der Waals surface area contributed by atoms with Crippen molar-refractivity contribution in [1.29, 1.82) is 0 Å². The number of methoxy groups -OCH3 is 1. The topological polar surface area (TPSA) is 70.2 Å². The first kappa shape index (κ1) is 29.3. The minimum Gasteiger partial charge on any atom is -0.495 e. The van der Waals surface area contributed by atoms with Gasteiger partial charge in [-0.3, -0.25) is 9.69 Å². The van der Waals surface area contributed by atoms with Gasteiger partial charge < -0.3 is 9.64 Å². The molecular formula is C33H41N3O4S. The molecular weight excluding hydrogens is 534 g/mol. The quantitative estimate of drug-likeness (QED) is 0.348. The lowest BCUT2D eigenvalue weighted by Crippen LogP contribution is -2.54. The number of ether oxygens (including phenoxy) is 1. The second-order valence-corrected chi connectivity index (χ2v) is 13.0. The minimum atomic E-state index is -3.95. The lowest BCUT2D eigenvalue weighted by atomic mass is 9.95. The second kappa shape index (κ2) is 13.2. The van der Waals surface area contributed by atoms with Gasteiger partial charge in [0, 0.05) is 32.2 Å². The van der Waals surface area contributed by atoms with Crippen LogP contribution in [-0.4, -0.2) is 74.3 Å². The summed E-state index contributed by atoms with van der Waals surface area (Å²) in [5, 5.41) is 0. The summed E-state index contributed by atoms with van der Waals surface area (Å²) in [7, 11) is -2.46. The number of benzene rings is 3. The molecule has 0 radical (unpaired) electrons. The summed E-state index contributed by atoms with van der Waals surface area (Å²) in [4.78, 5) is 18.1. The van der Waals surface area contributed by atoms with Gasteiger partial charge in [-0.05, 0) is 48.6 Å². The molecule has 1 saturated heterocycles. The van der Waals surface area contributed by atoms with Crippen molar-refractivity contribution in [2.24, 2.45) is 0 Å². The van der Waals surface area contributed by atoms with Gasteiger partial charge in [0.1, 0.15) is 10.6 Å². The highest BCUT2D eigenvalue weighted by Crippen LogP contribution is 2.33. The number of carbonyl (C=O) groups excluding carboxylic acids is 1. The number of carbonyl (C=O) groups is 1. The van der Waals surface area contributed by atoms with Gasteiger partial charge >= 0.3 is 0 Å². The van der Waals surface area contributed by atoms with Gasteiger partial charge in [-0.1, -0.05) is 86.0 Å². The maximum absolute atomic E-state index is 14.1. The highest BCUT2D eigenvalue weighted by molar-refractivity contribution is 7.89. The third-order valence-corrected chi connectivity index (χ3v) is 10.4. The average Bonchev–Trinajstić information content (AvgIpc) is 3.01. The number of hydrogen-bond acceptors (Lipinski definition) is 5. The zero-order valence-corrected chi connectivity index (χ0v) is 24.9. The van der Waals surface area contributed by atoms with Gasteiger partial charge in [0.25, 0.3) is 0 Å². The largest absolute Gasteiger partial charge is 0.495 e. The van der Waals surface area contributed by atoms with Crippen molar-refractivity contribution in [2.75, 3.05) is 39.8 Å². The van der Waals surface area contributed by atoms with Gasteiger partial charge in [-0.15, -0.1) is 0 Å². The molecule has 8 heteroatoms. The van der Waals surface area contributed by atoms with Crippen LogP contribution in [0.25, 0.3) is 0 Å². The summed E-state index contributed by atoms with van der Waals surface area (Å²) in [5.74, 6) is 0.173. The first-order valence-corrected chi connectivity index (χ1v) is 16.1. The van der Waals surface area contributed by atoms with Crippen molar-refractivity contribution >= 4 is 15.9 Å². The molecule has 0 N–H and O–H groups in total. The summed E-state index contributed by atoms with van der Waals surface area (Å²) in [5.41, 5.74) is 3.28. The predicted molar refractivity (Wildman–Crippen MR) is 161 cm³/mol. The summed E-state index contributed by atoms with van der Waals surface area (Å²) < 4.78 is 35.1. The van der Waals surface area contributed by atoms with E-state index in [4.69, 9.17) is 4.74 Å². The Morgan fingerprint density at radius 3 is 2.02 bits per heavy atom. The van der Waals surface area contributed by atoms with Crippen LogP contribution in [0, 0.1) is 6.92 Å². The van der Waals surface area contributed by atoms with E-state index in [1.54, 1.807) is 12.1 Å². The normalized spacial score (nSPS) is 17.2. The molecule has 5 rings (SSSR count). The van der Waals surface area contributed by atoms with Gasteiger partial charge in [-0.25, -0.2) is 8.42 Å². The first-order valence-electron chi connectivity index (χ1n) is 14.7. The number of rotatable bonds is 9. The van der Waals surface area contributed by atoms with E-state index in [0.717, 1.165) is 37.7 Å². The van der Waals surface area contributed by atoms with Crippen LogP contribution in [0.1, 0.15) is 54.8 Å². The third kappa shape index (κ3) is 6.66. The van der Waals surface area contributed by atoms with Crippen molar-refractivity contribution in [3.8, 4) is 5.75 Å². The van der Waals surface area contributed by atoms with E-state index in [1.165, 1.54) is 22.5 Å².